The monoisotopic (exact) mass is 402 g/mol. The fourth-order valence-electron chi connectivity index (χ4n) is 2.67. The molecule has 1 aromatic carbocycles. The molecule has 146 valence electrons. The van der Waals surface area contributed by atoms with Crippen molar-refractivity contribution in [2.75, 3.05) is 9.62 Å². The summed E-state index contributed by atoms with van der Waals surface area (Å²) in [6, 6.07) is 5.29. The lowest BCUT2D eigenvalue weighted by molar-refractivity contribution is -0.174. The Hall–Kier alpha value is -2.25. The molecule has 10 heteroatoms. The average molecular weight is 402 g/mol. The first-order valence-electron chi connectivity index (χ1n) is 8.22. The summed E-state index contributed by atoms with van der Waals surface area (Å²) in [5.74, 6) is 2.46. The van der Waals surface area contributed by atoms with Gasteiger partial charge in [0.15, 0.2) is 0 Å². The van der Waals surface area contributed by atoms with Crippen LogP contribution in [0.25, 0.3) is 0 Å². The summed E-state index contributed by atoms with van der Waals surface area (Å²) in [5, 5.41) is 2.13. The maximum atomic E-state index is 14.2. The molecule has 1 fully saturated rings. The van der Waals surface area contributed by atoms with Gasteiger partial charge in [-0.1, -0.05) is 24.0 Å². The van der Waals surface area contributed by atoms with Gasteiger partial charge in [0.1, 0.15) is 0 Å². The first-order valence-corrected chi connectivity index (χ1v) is 9.59. The van der Waals surface area contributed by atoms with Crippen LogP contribution in [-0.2, 0) is 19.3 Å². The minimum absolute atomic E-state index is 0.0381. The highest BCUT2D eigenvalue weighted by Gasteiger charge is 2.69. The number of amides is 1. The number of alkyl halides is 3. The first-order chi connectivity index (χ1) is 12.5. The Morgan fingerprint density at radius 2 is 1.93 bits per heavy atom. The van der Waals surface area contributed by atoms with Crippen LogP contribution < -0.4 is 9.62 Å². The number of nitrogens with one attached hydrogen (secondary N) is 1. The molecule has 0 spiro atoms. The zero-order valence-corrected chi connectivity index (χ0v) is 15.3. The normalized spacial score (nSPS) is 22.7. The Morgan fingerprint density at radius 1 is 1.30 bits per heavy atom. The van der Waals surface area contributed by atoms with Crippen molar-refractivity contribution in [1.29, 1.82) is 0 Å². The fraction of sp³-hybridized carbons (Fsp3) is 0.471. The van der Waals surface area contributed by atoms with Crippen molar-refractivity contribution in [1.82, 2.24) is 0 Å². The van der Waals surface area contributed by atoms with Crippen molar-refractivity contribution in [3.63, 3.8) is 0 Å². The maximum absolute atomic E-state index is 14.2. The van der Waals surface area contributed by atoms with Gasteiger partial charge in [0.2, 0.25) is 0 Å². The van der Waals surface area contributed by atoms with Gasteiger partial charge < -0.3 is 5.32 Å². The van der Waals surface area contributed by atoms with E-state index in [4.69, 9.17) is 4.18 Å². The molecule has 6 nitrogen and oxygen atoms in total. The third kappa shape index (κ3) is 3.37. The van der Waals surface area contributed by atoms with Crippen molar-refractivity contribution in [2.24, 2.45) is 5.92 Å². The van der Waals surface area contributed by atoms with E-state index in [2.05, 4.69) is 11.2 Å². The Labute approximate surface area is 154 Å². The molecule has 0 bridgehead atoms. The zero-order chi connectivity index (χ0) is 20.0. The summed E-state index contributed by atoms with van der Waals surface area (Å²) in [6.07, 6.45) is -5.03. The van der Waals surface area contributed by atoms with Crippen LogP contribution >= 0.6 is 0 Å². The minimum atomic E-state index is -5.31. The molecule has 1 amide bonds. The highest BCUT2D eigenvalue weighted by atomic mass is 32.2. The molecule has 1 aliphatic carbocycles. The predicted octanol–water partition coefficient (Wildman–Crippen LogP) is 2.83. The standard InChI is InChI=1S/C17H17F3N2O4S/c1-11(2)26-27(24,25)22-14-6-4-3-5-13(14)21-15(23)16(22,17(18,19)20)10-9-12-7-8-12/h3-6,11-12H,7-8H2,1-2H3,(H,21,23). The van der Waals surface area contributed by atoms with Crippen molar-refractivity contribution in [3.05, 3.63) is 24.3 Å². The van der Waals surface area contributed by atoms with Gasteiger partial charge in [0.25, 0.3) is 11.4 Å². The van der Waals surface area contributed by atoms with Gasteiger partial charge in [0, 0.05) is 5.92 Å². The van der Waals surface area contributed by atoms with Crippen LogP contribution in [0.3, 0.4) is 0 Å². The second kappa shape index (κ2) is 6.42. The summed E-state index contributed by atoms with van der Waals surface area (Å²) >= 11 is 0. The van der Waals surface area contributed by atoms with Gasteiger partial charge in [-0.15, -0.1) is 0 Å². The second-order valence-electron chi connectivity index (χ2n) is 6.59. The van der Waals surface area contributed by atoms with Crippen LogP contribution in [0.15, 0.2) is 24.3 Å². The SMILES string of the molecule is CC(C)OS(=O)(=O)N1c2ccccc2NC(=O)C1(C#CC1CC1)C(F)(F)F. The second-order valence-corrected chi connectivity index (χ2v) is 8.00. The van der Waals surface area contributed by atoms with E-state index in [9.17, 15) is 26.4 Å². The van der Waals surface area contributed by atoms with Gasteiger partial charge in [-0.05, 0) is 38.8 Å². The number of para-hydroxylation sites is 2. The number of anilines is 2. The molecular weight excluding hydrogens is 385 g/mol. The van der Waals surface area contributed by atoms with Crippen LogP contribution in [0.5, 0.6) is 0 Å². The van der Waals surface area contributed by atoms with Crippen molar-refractivity contribution < 1.29 is 30.6 Å². The Kier molecular flexibility index (Phi) is 4.64. The topological polar surface area (TPSA) is 75.7 Å². The predicted molar refractivity (Wildman–Crippen MR) is 92.0 cm³/mol. The molecule has 1 atom stereocenters. The number of rotatable bonds is 3. The molecule has 27 heavy (non-hydrogen) atoms. The lowest BCUT2D eigenvalue weighted by Crippen LogP contribution is -2.69. The number of halogens is 3. The molecule has 3 rings (SSSR count). The summed E-state index contributed by atoms with van der Waals surface area (Å²) in [5.41, 5.74) is -4.05. The van der Waals surface area contributed by atoms with Crippen LogP contribution in [-0.4, -0.2) is 32.1 Å². The summed E-state index contributed by atoms with van der Waals surface area (Å²) in [4.78, 5) is 12.6. The van der Waals surface area contributed by atoms with E-state index in [0.717, 1.165) is 6.07 Å². The molecule has 0 radical (unpaired) electrons. The molecule has 1 aliphatic heterocycles. The first kappa shape index (κ1) is 19.5. The van der Waals surface area contributed by atoms with E-state index < -0.39 is 34.0 Å². The van der Waals surface area contributed by atoms with Crippen molar-refractivity contribution in [3.8, 4) is 11.8 Å². The van der Waals surface area contributed by atoms with Gasteiger partial charge in [-0.2, -0.15) is 21.6 Å². The van der Waals surface area contributed by atoms with Gasteiger partial charge in [-0.3, -0.25) is 8.98 Å². The molecular formula is C17H17F3N2O4S. The molecule has 0 aromatic heterocycles. The molecule has 0 saturated heterocycles. The highest BCUT2D eigenvalue weighted by molar-refractivity contribution is 7.88. The van der Waals surface area contributed by atoms with Gasteiger partial charge in [-0.25, -0.2) is 4.31 Å². The molecule has 2 aliphatic rings. The quantitative estimate of drug-likeness (QED) is 0.789. The number of carbonyl (C=O) groups excluding carboxylic acids is 1. The zero-order valence-electron chi connectivity index (χ0n) is 14.5. The van der Waals surface area contributed by atoms with Crippen LogP contribution in [0.4, 0.5) is 24.5 Å². The number of hydrogen-bond acceptors (Lipinski definition) is 4. The fourth-order valence-corrected chi connectivity index (χ4v) is 4.21. The Balaban J connectivity index is 2.32. The van der Waals surface area contributed by atoms with Crippen LogP contribution in [0.2, 0.25) is 0 Å². The summed E-state index contributed by atoms with van der Waals surface area (Å²) in [6.45, 7) is 2.72. The maximum Gasteiger partial charge on any atom is 0.433 e. The largest absolute Gasteiger partial charge is 0.433 e. The third-order valence-electron chi connectivity index (χ3n) is 3.99. The number of carbonyl (C=O) groups is 1. The summed E-state index contributed by atoms with van der Waals surface area (Å²) < 4.78 is 72.9. The number of benzene rings is 1. The number of fused-ring (bicyclic) bond motifs is 1. The van der Waals surface area contributed by atoms with Crippen molar-refractivity contribution in [2.45, 2.75) is 44.5 Å². The van der Waals surface area contributed by atoms with Crippen molar-refractivity contribution >= 4 is 27.6 Å². The van der Waals surface area contributed by atoms with E-state index in [-0.39, 0.29) is 21.6 Å². The lowest BCUT2D eigenvalue weighted by Gasteiger charge is -2.43. The van der Waals surface area contributed by atoms with E-state index in [1.165, 1.54) is 32.0 Å². The Morgan fingerprint density at radius 3 is 2.48 bits per heavy atom. The van der Waals surface area contributed by atoms with E-state index >= 15 is 0 Å². The highest BCUT2D eigenvalue weighted by Crippen LogP contribution is 2.47. The van der Waals surface area contributed by atoms with Crippen LogP contribution in [0, 0.1) is 17.8 Å². The number of hydrogen-bond donors (Lipinski definition) is 1. The van der Waals surface area contributed by atoms with E-state index in [1.54, 1.807) is 0 Å². The van der Waals surface area contributed by atoms with Gasteiger partial charge >= 0.3 is 16.5 Å². The average Bonchev–Trinajstić information content (AvgIpc) is 3.34. The molecule has 1 N–H and O–H groups in total. The molecule has 1 unspecified atom stereocenters. The molecule has 1 saturated carbocycles. The van der Waals surface area contributed by atoms with Gasteiger partial charge in [0.05, 0.1) is 17.5 Å². The third-order valence-corrected chi connectivity index (χ3v) is 5.53. The minimum Gasteiger partial charge on any atom is -0.321 e. The van der Waals surface area contributed by atoms with E-state index in [0.29, 0.717) is 12.8 Å². The summed E-state index contributed by atoms with van der Waals surface area (Å²) in [7, 11) is -5.00. The smallest absolute Gasteiger partial charge is 0.321 e. The lowest BCUT2D eigenvalue weighted by atomic mass is 9.94. The molecule has 1 heterocycles. The number of nitrogens with zero attached hydrogens (tertiary/aromatic N) is 1. The van der Waals surface area contributed by atoms with Crippen LogP contribution in [0.1, 0.15) is 26.7 Å². The van der Waals surface area contributed by atoms with E-state index in [1.807, 2.05) is 5.92 Å². The molecule has 1 aromatic rings. The Bertz CT molecular complexity index is 929.